The molecule has 1 aliphatic heterocycles. The third-order valence-corrected chi connectivity index (χ3v) is 2.05. The van der Waals surface area contributed by atoms with E-state index in [1.54, 1.807) is 25.1 Å². The molecule has 0 amide bonds. The fourth-order valence-electron chi connectivity index (χ4n) is 1.30. The fraction of sp³-hybridized carbons (Fsp3) is 0.182. The molecule has 1 aromatic heterocycles. The maximum absolute atomic E-state index is 10.9. The molecule has 0 bridgehead atoms. The van der Waals surface area contributed by atoms with Crippen LogP contribution >= 0.6 is 0 Å². The van der Waals surface area contributed by atoms with Crippen molar-refractivity contribution in [3.8, 4) is 0 Å². The maximum atomic E-state index is 10.9. The first-order chi connectivity index (χ1) is 7.19. The Bertz CT molecular complexity index is 451. The predicted molar refractivity (Wildman–Crippen MR) is 52.5 cm³/mol. The van der Waals surface area contributed by atoms with E-state index in [4.69, 9.17) is 14.3 Å². The summed E-state index contributed by atoms with van der Waals surface area (Å²) in [5, 5.41) is 8.79. The molecule has 0 spiro atoms. The van der Waals surface area contributed by atoms with Crippen LogP contribution in [0.4, 0.5) is 0 Å². The zero-order chi connectivity index (χ0) is 10.8. The van der Waals surface area contributed by atoms with Crippen LogP contribution in [0.3, 0.4) is 0 Å². The largest absolute Gasteiger partial charge is 0.459 e. The van der Waals surface area contributed by atoms with Crippen LogP contribution in [-0.4, -0.2) is 11.1 Å². The average molecular weight is 206 g/mol. The normalized spacial score (nSPS) is 18.1. The molecule has 1 aromatic rings. The molecule has 78 valence electrons. The molecule has 4 heteroatoms. The summed E-state index contributed by atoms with van der Waals surface area (Å²) in [5.74, 6) is 1.15. The Labute approximate surface area is 86.5 Å². The Hall–Kier alpha value is -1.81. The second kappa shape index (κ2) is 3.74. The van der Waals surface area contributed by atoms with Gasteiger partial charge in [0.25, 0.3) is 0 Å². The Kier molecular flexibility index (Phi) is 2.43. The number of aliphatic hydroxyl groups is 1. The molecule has 4 nitrogen and oxygen atoms in total. The second-order valence-corrected chi connectivity index (χ2v) is 3.22. The van der Waals surface area contributed by atoms with Gasteiger partial charge in [-0.3, -0.25) is 0 Å². The van der Waals surface area contributed by atoms with Crippen molar-refractivity contribution in [2.24, 2.45) is 0 Å². The summed E-state index contributed by atoms with van der Waals surface area (Å²) in [6.45, 7) is 1.64. The van der Waals surface area contributed by atoms with Crippen molar-refractivity contribution >= 4 is 12.0 Å². The van der Waals surface area contributed by atoms with Crippen LogP contribution < -0.4 is 0 Å². The number of aliphatic hydroxyl groups excluding tert-OH is 1. The Morgan fingerprint density at radius 2 is 2.27 bits per heavy atom. The zero-order valence-electron chi connectivity index (χ0n) is 8.19. The van der Waals surface area contributed by atoms with E-state index < -0.39 is 0 Å². The topological polar surface area (TPSA) is 59.7 Å². The number of carbonyl (C=O) groups is 1. The minimum atomic E-state index is -0.368. The quantitative estimate of drug-likeness (QED) is 0.747. The van der Waals surface area contributed by atoms with Crippen molar-refractivity contribution in [1.29, 1.82) is 0 Å². The molecule has 15 heavy (non-hydrogen) atoms. The van der Waals surface area contributed by atoms with Crippen molar-refractivity contribution in [1.82, 2.24) is 0 Å². The van der Waals surface area contributed by atoms with E-state index >= 15 is 0 Å². The second-order valence-electron chi connectivity index (χ2n) is 3.22. The minimum absolute atomic E-state index is 0.141. The lowest BCUT2D eigenvalue weighted by molar-refractivity contribution is -0.132. The van der Waals surface area contributed by atoms with Crippen LogP contribution in [0.2, 0.25) is 0 Å². The first-order valence-electron chi connectivity index (χ1n) is 4.51. The first-order valence-corrected chi connectivity index (χ1v) is 4.51. The lowest BCUT2D eigenvalue weighted by atomic mass is 10.2. The number of ether oxygens (including phenoxy) is 1. The van der Waals surface area contributed by atoms with E-state index in [1.165, 1.54) is 6.08 Å². The molecule has 0 saturated carbocycles. The number of hydrogen-bond donors (Lipinski definition) is 1. The van der Waals surface area contributed by atoms with Gasteiger partial charge < -0.3 is 14.3 Å². The summed E-state index contributed by atoms with van der Waals surface area (Å²) in [6.07, 6.45) is 3.04. The van der Waals surface area contributed by atoms with Crippen LogP contribution in [0.25, 0.3) is 6.08 Å². The van der Waals surface area contributed by atoms with Gasteiger partial charge in [-0.25, -0.2) is 4.79 Å². The fourth-order valence-corrected chi connectivity index (χ4v) is 1.30. The summed E-state index contributed by atoms with van der Waals surface area (Å²) < 4.78 is 10.2. The third-order valence-electron chi connectivity index (χ3n) is 2.05. The minimum Gasteiger partial charge on any atom is -0.459 e. The molecule has 0 atom stereocenters. The number of hydrogen-bond acceptors (Lipinski definition) is 4. The highest BCUT2D eigenvalue weighted by Crippen LogP contribution is 2.22. The zero-order valence-corrected chi connectivity index (χ0v) is 8.19. The van der Waals surface area contributed by atoms with E-state index in [9.17, 15) is 4.79 Å². The molecule has 0 aliphatic carbocycles. The van der Waals surface area contributed by atoms with E-state index in [0.717, 1.165) is 5.57 Å². The SMILES string of the molecule is CC1=CC(=O)O/C1=C\c1ccc(CO)o1. The number of carbonyl (C=O) groups excluding carboxylic acids is 1. The molecule has 0 unspecified atom stereocenters. The summed E-state index contributed by atoms with van der Waals surface area (Å²) in [4.78, 5) is 10.9. The Morgan fingerprint density at radius 1 is 1.47 bits per heavy atom. The van der Waals surface area contributed by atoms with Gasteiger partial charge in [0.2, 0.25) is 0 Å². The van der Waals surface area contributed by atoms with Gasteiger partial charge in [-0.15, -0.1) is 0 Å². The number of esters is 1. The molecular formula is C11H10O4. The third kappa shape index (κ3) is 1.99. The van der Waals surface area contributed by atoms with Crippen molar-refractivity contribution in [2.75, 3.05) is 0 Å². The van der Waals surface area contributed by atoms with Gasteiger partial charge in [0.15, 0.2) is 0 Å². The smallest absolute Gasteiger partial charge is 0.336 e. The molecule has 0 radical (unpaired) electrons. The maximum Gasteiger partial charge on any atom is 0.336 e. The van der Waals surface area contributed by atoms with Gasteiger partial charge in [0.1, 0.15) is 23.9 Å². The number of rotatable bonds is 2. The van der Waals surface area contributed by atoms with Gasteiger partial charge in [-0.1, -0.05) is 0 Å². The van der Waals surface area contributed by atoms with E-state index in [0.29, 0.717) is 17.3 Å². The van der Waals surface area contributed by atoms with E-state index in [2.05, 4.69) is 0 Å². The van der Waals surface area contributed by atoms with Crippen molar-refractivity contribution in [3.63, 3.8) is 0 Å². The highest BCUT2D eigenvalue weighted by molar-refractivity contribution is 5.89. The van der Waals surface area contributed by atoms with Crippen molar-refractivity contribution in [2.45, 2.75) is 13.5 Å². The standard InChI is InChI=1S/C11H10O4/c1-7-4-11(13)15-10(7)5-8-2-3-9(6-12)14-8/h2-5,12H,6H2,1H3/b10-5-. The molecule has 0 aromatic carbocycles. The number of cyclic esters (lactones) is 1. The van der Waals surface area contributed by atoms with E-state index in [-0.39, 0.29) is 12.6 Å². The highest BCUT2D eigenvalue weighted by atomic mass is 16.5. The molecule has 0 saturated heterocycles. The lowest BCUT2D eigenvalue weighted by Gasteiger charge is -1.97. The lowest BCUT2D eigenvalue weighted by Crippen LogP contribution is -1.90. The van der Waals surface area contributed by atoms with Gasteiger partial charge in [-0.2, -0.15) is 0 Å². The summed E-state index contributed by atoms with van der Waals surface area (Å²) in [5.41, 5.74) is 0.766. The van der Waals surface area contributed by atoms with Gasteiger partial charge in [0, 0.05) is 12.2 Å². The Morgan fingerprint density at radius 3 is 2.80 bits per heavy atom. The van der Waals surface area contributed by atoms with Gasteiger partial charge in [0.05, 0.1) is 0 Å². The molecule has 0 fully saturated rings. The Balaban J connectivity index is 2.24. The molecular weight excluding hydrogens is 196 g/mol. The van der Waals surface area contributed by atoms with E-state index in [1.807, 2.05) is 0 Å². The van der Waals surface area contributed by atoms with Crippen LogP contribution in [0, 0.1) is 0 Å². The molecule has 1 aliphatic rings. The predicted octanol–water partition coefficient (Wildman–Crippen LogP) is 1.62. The highest BCUT2D eigenvalue weighted by Gasteiger charge is 2.16. The first kappa shape index (κ1) is 9.73. The van der Waals surface area contributed by atoms with Crippen LogP contribution in [0.5, 0.6) is 0 Å². The van der Waals surface area contributed by atoms with Gasteiger partial charge >= 0.3 is 5.97 Å². The summed E-state index contributed by atoms with van der Waals surface area (Å²) in [7, 11) is 0. The summed E-state index contributed by atoms with van der Waals surface area (Å²) in [6, 6.07) is 3.38. The average Bonchev–Trinajstić information content (AvgIpc) is 2.75. The molecule has 1 N–H and O–H groups in total. The molecule has 2 heterocycles. The number of furan rings is 1. The van der Waals surface area contributed by atoms with Crippen LogP contribution in [0.1, 0.15) is 18.4 Å². The van der Waals surface area contributed by atoms with Crippen molar-refractivity contribution < 1.29 is 19.1 Å². The van der Waals surface area contributed by atoms with Crippen LogP contribution in [0.15, 0.2) is 34.0 Å². The number of allylic oxidation sites excluding steroid dienone is 1. The van der Waals surface area contributed by atoms with Gasteiger partial charge in [-0.05, 0) is 24.6 Å². The monoisotopic (exact) mass is 206 g/mol. The van der Waals surface area contributed by atoms with Crippen LogP contribution in [-0.2, 0) is 16.1 Å². The summed E-state index contributed by atoms with van der Waals surface area (Å²) >= 11 is 0. The van der Waals surface area contributed by atoms with Crippen molar-refractivity contribution in [3.05, 3.63) is 41.1 Å². The molecule has 2 rings (SSSR count).